The van der Waals surface area contributed by atoms with Gasteiger partial charge in [0.1, 0.15) is 0 Å². The van der Waals surface area contributed by atoms with Crippen LogP contribution < -0.4 is 5.32 Å². The van der Waals surface area contributed by atoms with Crippen molar-refractivity contribution in [2.45, 2.75) is 23.8 Å². The fourth-order valence-electron chi connectivity index (χ4n) is 2.41. The third-order valence-corrected chi connectivity index (χ3v) is 6.97. The minimum atomic E-state index is -3.56. The van der Waals surface area contributed by atoms with E-state index in [1.54, 1.807) is 0 Å². The molecule has 0 amide bonds. The van der Waals surface area contributed by atoms with Gasteiger partial charge in [-0.05, 0) is 43.3 Å². The molecule has 1 aliphatic heterocycles. The van der Waals surface area contributed by atoms with Crippen LogP contribution in [0.15, 0.2) is 23.1 Å². The average Bonchev–Trinajstić information content (AvgIpc) is 3.34. The lowest BCUT2D eigenvalue weighted by Crippen LogP contribution is -2.53. The summed E-state index contributed by atoms with van der Waals surface area (Å²) in [5.41, 5.74) is 0. The molecule has 1 aromatic rings. The molecule has 0 unspecified atom stereocenters. The van der Waals surface area contributed by atoms with E-state index in [4.69, 9.17) is 35.4 Å². The third kappa shape index (κ3) is 3.91. The van der Waals surface area contributed by atoms with Crippen molar-refractivity contribution < 1.29 is 8.42 Å². The van der Waals surface area contributed by atoms with E-state index in [0.29, 0.717) is 37.2 Å². The lowest BCUT2D eigenvalue weighted by Gasteiger charge is -2.35. The number of hydrogen-bond donors (Lipinski definition) is 1. The molecule has 1 heterocycles. The van der Waals surface area contributed by atoms with Crippen molar-refractivity contribution in [3.63, 3.8) is 0 Å². The summed E-state index contributed by atoms with van der Waals surface area (Å²) in [6, 6.07) is 4.88. The Morgan fingerprint density at radius 3 is 2.35 bits per heavy atom. The third-order valence-electron chi connectivity index (χ3n) is 3.96. The van der Waals surface area contributed by atoms with Gasteiger partial charge < -0.3 is 10.2 Å². The molecule has 2 aliphatic rings. The number of hydrogen-bond acceptors (Lipinski definition) is 3. The van der Waals surface area contributed by atoms with Crippen LogP contribution >= 0.6 is 35.4 Å². The first kappa shape index (κ1) is 17.2. The number of rotatable bonds is 3. The molecule has 9 heteroatoms. The summed E-state index contributed by atoms with van der Waals surface area (Å²) in [5, 5.41) is 4.58. The molecule has 0 atom stereocenters. The second kappa shape index (κ2) is 6.72. The maximum atomic E-state index is 12.7. The van der Waals surface area contributed by atoms with Crippen molar-refractivity contribution in [2.75, 3.05) is 26.2 Å². The Kier molecular flexibility index (Phi) is 5.04. The predicted molar refractivity (Wildman–Crippen MR) is 95.5 cm³/mol. The molecule has 1 N–H and O–H groups in total. The monoisotopic (exact) mass is 393 g/mol. The van der Waals surface area contributed by atoms with Crippen LogP contribution in [0, 0.1) is 0 Å². The SMILES string of the molecule is O=S(=O)(c1ccc(Cl)c(Cl)c1)N1CCN(C(=S)NC2CC2)CC1. The van der Waals surface area contributed by atoms with Crippen molar-refractivity contribution in [1.82, 2.24) is 14.5 Å². The molecule has 2 fully saturated rings. The zero-order valence-corrected chi connectivity index (χ0v) is 15.5. The lowest BCUT2D eigenvalue weighted by atomic mass is 10.4. The van der Waals surface area contributed by atoms with Gasteiger partial charge in [0.15, 0.2) is 5.11 Å². The molecule has 126 valence electrons. The van der Waals surface area contributed by atoms with Gasteiger partial charge in [-0.1, -0.05) is 23.2 Å². The topological polar surface area (TPSA) is 52.7 Å². The number of benzene rings is 1. The molecule has 1 saturated carbocycles. The highest BCUT2D eigenvalue weighted by Gasteiger charge is 2.31. The summed E-state index contributed by atoms with van der Waals surface area (Å²) in [6.07, 6.45) is 2.32. The zero-order chi connectivity index (χ0) is 16.6. The van der Waals surface area contributed by atoms with Gasteiger partial charge in [0.25, 0.3) is 0 Å². The van der Waals surface area contributed by atoms with Crippen molar-refractivity contribution in [3.8, 4) is 0 Å². The van der Waals surface area contributed by atoms with Gasteiger partial charge in [-0.3, -0.25) is 0 Å². The number of thiocarbonyl (C=S) groups is 1. The summed E-state index contributed by atoms with van der Waals surface area (Å²) in [7, 11) is -3.56. The van der Waals surface area contributed by atoms with Crippen molar-refractivity contribution >= 4 is 50.6 Å². The molecule has 0 radical (unpaired) electrons. The molecular weight excluding hydrogens is 377 g/mol. The van der Waals surface area contributed by atoms with Crippen LogP contribution in [0.5, 0.6) is 0 Å². The quantitative estimate of drug-likeness (QED) is 0.798. The fourth-order valence-corrected chi connectivity index (χ4v) is 4.57. The highest BCUT2D eigenvalue weighted by molar-refractivity contribution is 7.89. The van der Waals surface area contributed by atoms with Crippen molar-refractivity contribution in [1.29, 1.82) is 0 Å². The van der Waals surface area contributed by atoms with Gasteiger partial charge in [0, 0.05) is 32.2 Å². The summed E-state index contributed by atoms with van der Waals surface area (Å²) in [4.78, 5) is 2.19. The van der Waals surface area contributed by atoms with E-state index in [1.807, 2.05) is 4.90 Å². The van der Waals surface area contributed by atoms with E-state index in [-0.39, 0.29) is 9.92 Å². The van der Waals surface area contributed by atoms with E-state index in [0.717, 1.165) is 18.0 Å². The number of nitrogens with one attached hydrogen (secondary N) is 1. The van der Waals surface area contributed by atoms with Crippen LogP contribution in [0.3, 0.4) is 0 Å². The largest absolute Gasteiger partial charge is 0.360 e. The molecule has 0 spiro atoms. The highest BCUT2D eigenvalue weighted by atomic mass is 35.5. The first-order chi connectivity index (χ1) is 10.9. The van der Waals surface area contributed by atoms with E-state index in [9.17, 15) is 8.42 Å². The summed E-state index contributed by atoms with van der Waals surface area (Å²) in [6.45, 7) is 1.96. The maximum absolute atomic E-state index is 12.7. The van der Waals surface area contributed by atoms with Gasteiger partial charge in [0.2, 0.25) is 10.0 Å². The number of halogens is 2. The molecule has 23 heavy (non-hydrogen) atoms. The van der Waals surface area contributed by atoms with E-state index in [1.165, 1.54) is 22.5 Å². The maximum Gasteiger partial charge on any atom is 0.243 e. The van der Waals surface area contributed by atoms with Crippen LogP contribution in [0.4, 0.5) is 0 Å². The van der Waals surface area contributed by atoms with Crippen molar-refractivity contribution in [2.24, 2.45) is 0 Å². The Balaban J connectivity index is 1.65. The van der Waals surface area contributed by atoms with Gasteiger partial charge in [-0.2, -0.15) is 4.31 Å². The molecule has 1 saturated heterocycles. The first-order valence-corrected chi connectivity index (χ1v) is 9.99. The van der Waals surface area contributed by atoms with E-state index >= 15 is 0 Å². The van der Waals surface area contributed by atoms with Gasteiger partial charge in [0.05, 0.1) is 14.9 Å². The smallest absolute Gasteiger partial charge is 0.243 e. The number of nitrogens with zero attached hydrogens (tertiary/aromatic N) is 2. The Morgan fingerprint density at radius 1 is 1.13 bits per heavy atom. The minimum Gasteiger partial charge on any atom is -0.360 e. The van der Waals surface area contributed by atoms with Gasteiger partial charge in [-0.15, -0.1) is 0 Å². The molecule has 5 nitrogen and oxygen atoms in total. The van der Waals surface area contributed by atoms with Crippen LogP contribution in [0.2, 0.25) is 10.0 Å². The average molecular weight is 394 g/mol. The molecule has 1 aromatic carbocycles. The molecule has 1 aliphatic carbocycles. The predicted octanol–water partition coefficient (Wildman–Crippen LogP) is 2.34. The first-order valence-electron chi connectivity index (χ1n) is 7.38. The Morgan fingerprint density at radius 2 is 1.78 bits per heavy atom. The molecular formula is C14H17Cl2N3O2S2. The zero-order valence-electron chi connectivity index (χ0n) is 12.3. The van der Waals surface area contributed by atoms with E-state index < -0.39 is 10.0 Å². The normalized spacial score (nSPS) is 19.7. The summed E-state index contributed by atoms with van der Waals surface area (Å²) < 4.78 is 26.8. The second-order valence-corrected chi connectivity index (χ2v) is 8.83. The van der Waals surface area contributed by atoms with Crippen molar-refractivity contribution in [3.05, 3.63) is 28.2 Å². The van der Waals surface area contributed by atoms with Gasteiger partial charge >= 0.3 is 0 Å². The summed E-state index contributed by atoms with van der Waals surface area (Å²) in [5.74, 6) is 0. The van der Waals surface area contributed by atoms with E-state index in [2.05, 4.69) is 5.32 Å². The molecule has 3 rings (SSSR count). The second-order valence-electron chi connectivity index (χ2n) is 5.69. The number of piperazine rings is 1. The van der Waals surface area contributed by atoms with Crippen LogP contribution in [0.1, 0.15) is 12.8 Å². The Bertz CT molecular complexity index is 715. The lowest BCUT2D eigenvalue weighted by molar-refractivity contribution is 0.264. The van der Waals surface area contributed by atoms with Crippen LogP contribution in [-0.4, -0.2) is 55.0 Å². The summed E-state index contributed by atoms with van der Waals surface area (Å²) >= 11 is 17.1. The molecule has 0 aromatic heterocycles. The van der Waals surface area contributed by atoms with Gasteiger partial charge in [-0.25, -0.2) is 8.42 Å². The standard InChI is InChI=1S/C14H17Cl2N3O2S2/c15-12-4-3-11(9-13(12)16)23(20,21)19-7-5-18(6-8-19)14(22)17-10-1-2-10/h3-4,9-10H,1-2,5-8H2,(H,17,22). The Hall–Kier alpha value is -0.600. The number of sulfonamides is 1. The fraction of sp³-hybridized carbons (Fsp3) is 0.500. The Labute approximate surface area is 151 Å². The highest BCUT2D eigenvalue weighted by Crippen LogP contribution is 2.27. The van der Waals surface area contributed by atoms with Crippen LogP contribution in [-0.2, 0) is 10.0 Å². The minimum absolute atomic E-state index is 0.166. The van der Waals surface area contributed by atoms with Crippen LogP contribution in [0.25, 0.3) is 0 Å². The molecule has 0 bridgehead atoms.